The van der Waals surface area contributed by atoms with E-state index < -0.39 is 12.0 Å². The quantitative estimate of drug-likeness (QED) is 0.733. The van der Waals surface area contributed by atoms with E-state index in [1.165, 1.54) is 23.1 Å². The van der Waals surface area contributed by atoms with E-state index in [0.717, 1.165) is 0 Å². The molecule has 124 valence electrons. The van der Waals surface area contributed by atoms with Crippen LogP contribution in [-0.4, -0.2) is 5.91 Å². The highest BCUT2D eigenvalue weighted by Gasteiger charge is 2.35. The standard InChI is InChI=1S/C20H14F2N2O/c21-14-11-9-13(10-12-14)19-23-17-7-3-1-5-15(17)20(25)24(19)18-8-4-2-6-16(18)22/h1-12,19,23H. The molecule has 5 heteroatoms. The summed E-state index contributed by atoms with van der Waals surface area (Å²) in [6.07, 6.45) is -0.639. The molecule has 4 rings (SSSR count). The van der Waals surface area contributed by atoms with Crippen molar-refractivity contribution >= 4 is 17.3 Å². The van der Waals surface area contributed by atoms with Crippen molar-refractivity contribution in [3.8, 4) is 0 Å². The van der Waals surface area contributed by atoms with Crippen LogP contribution in [0.1, 0.15) is 22.1 Å². The molecule has 1 amide bonds. The molecule has 0 aliphatic carbocycles. The lowest BCUT2D eigenvalue weighted by atomic mass is 10.0. The number of hydrogen-bond acceptors (Lipinski definition) is 2. The van der Waals surface area contributed by atoms with Gasteiger partial charge in [-0.15, -0.1) is 0 Å². The van der Waals surface area contributed by atoms with Gasteiger partial charge in [0, 0.05) is 5.69 Å². The number of nitrogens with zero attached hydrogens (tertiary/aromatic N) is 1. The summed E-state index contributed by atoms with van der Waals surface area (Å²) in [6, 6.07) is 19.0. The number of amides is 1. The minimum Gasteiger partial charge on any atom is -0.360 e. The molecular weight excluding hydrogens is 322 g/mol. The highest BCUT2D eigenvalue weighted by Crippen LogP contribution is 2.37. The van der Waals surface area contributed by atoms with Crippen molar-refractivity contribution in [1.29, 1.82) is 0 Å². The lowest BCUT2D eigenvalue weighted by Crippen LogP contribution is -2.43. The zero-order valence-corrected chi connectivity index (χ0v) is 13.1. The lowest BCUT2D eigenvalue weighted by molar-refractivity contribution is 0.0974. The summed E-state index contributed by atoms with van der Waals surface area (Å²) in [5.41, 5.74) is 1.95. The summed E-state index contributed by atoms with van der Waals surface area (Å²) in [5, 5.41) is 3.25. The Morgan fingerprint density at radius 3 is 2.28 bits per heavy atom. The third kappa shape index (κ3) is 2.63. The number of carbonyl (C=O) groups excluding carboxylic acids is 1. The minimum atomic E-state index is -0.639. The highest BCUT2D eigenvalue weighted by atomic mass is 19.1. The van der Waals surface area contributed by atoms with E-state index in [0.29, 0.717) is 16.8 Å². The van der Waals surface area contributed by atoms with Gasteiger partial charge in [0.15, 0.2) is 0 Å². The predicted octanol–water partition coefficient (Wildman–Crippen LogP) is 4.74. The van der Waals surface area contributed by atoms with Crippen LogP contribution in [0.5, 0.6) is 0 Å². The molecule has 1 N–H and O–H groups in total. The maximum atomic E-state index is 14.4. The van der Waals surface area contributed by atoms with Crippen molar-refractivity contribution in [2.75, 3.05) is 10.2 Å². The third-order valence-electron chi connectivity index (χ3n) is 4.22. The average Bonchev–Trinajstić information content (AvgIpc) is 2.63. The molecule has 0 saturated heterocycles. The zero-order chi connectivity index (χ0) is 17.4. The number of carbonyl (C=O) groups is 1. The highest BCUT2D eigenvalue weighted by molar-refractivity contribution is 6.12. The number of benzene rings is 3. The Labute approximate surface area is 143 Å². The third-order valence-corrected chi connectivity index (χ3v) is 4.22. The maximum absolute atomic E-state index is 14.4. The molecular formula is C20H14F2N2O. The molecule has 1 atom stereocenters. The first-order valence-corrected chi connectivity index (χ1v) is 7.84. The Kier molecular flexibility index (Phi) is 3.69. The van der Waals surface area contributed by atoms with Crippen LogP contribution in [-0.2, 0) is 0 Å². The van der Waals surface area contributed by atoms with Gasteiger partial charge in [-0.1, -0.05) is 36.4 Å². The van der Waals surface area contributed by atoms with Gasteiger partial charge in [-0.3, -0.25) is 9.69 Å². The Bertz CT molecular complexity index is 940. The molecule has 0 saturated carbocycles. The largest absolute Gasteiger partial charge is 0.360 e. The number of nitrogens with one attached hydrogen (secondary N) is 1. The van der Waals surface area contributed by atoms with Gasteiger partial charge in [0.05, 0.1) is 11.3 Å². The van der Waals surface area contributed by atoms with Gasteiger partial charge in [0.2, 0.25) is 0 Å². The molecule has 0 fully saturated rings. The van der Waals surface area contributed by atoms with Gasteiger partial charge in [-0.05, 0) is 42.0 Å². The normalized spacial score (nSPS) is 16.3. The Morgan fingerprint density at radius 2 is 1.52 bits per heavy atom. The van der Waals surface area contributed by atoms with Crippen molar-refractivity contribution < 1.29 is 13.6 Å². The van der Waals surface area contributed by atoms with Crippen molar-refractivity contribution in [3.63, 3.8) is 0 Å². The number of hydrogen-bond donors (Lipinski definition) is 1. The molecule has 3 aromatic rings. The summed E-state index contributed by atoms with van der Waals surface area (Å²) in [6.45, 7) is 0. The first kappa shape index (κ1) is 15.3. The fourth-order valence-corrected chi connectivity index (χ4v) is 3.03. The van der Waals surface area contributed by atoms with Crippen LogP contribution in [0.15, 0.2) is 72.8 Å². The Hall–Kier alpha value is -3.21. The van der Waals surface area contributed by atoms with Gasteiger partial charge < -0.3 is 5.32 Å². The average molecular weight is 336 g/mol. The molecule has 0 aromatic heterocycles. The van der Waals surface area contributed by atoms with Gasteiger partial charge >= 0.3 is 0 Å². The number of para-hydroxylation sites is 2. The number of fused-ring (bicyclic) bond motifs is 1. The van der Waals surface area contributed by atoms with Gasteiger partial charge in [0.25, 0.3) is 5.91 Å². The topological polar surface area (TPSA) is 32.3 Å². The van der Waals surface area contributed by atoms with E-state index in [4.69, 9.17) is 0 Å². The minimum absolute atomic E-state index is 0.170. The lowest BCUT2D eigenvalue weighted by Gasteiger charge is -2.38. The fourth-order valence-electron chi connectivity index (χ4n) is 3.03. The molecule has 3 nitrogen and oxygen atoms in total. The maximum Gasteiger partial charge on any atom is 0.262 e. The predicted molar refractivity (Wildman–Crippen MR) is 92.4 cm³/mol. The van der Waals surface area contributed by atoms with Crippen LogP contribution < -0.4 is 10.2 Å². The summed E-state index contributed by atoms with van der Waals surface area (Å²) in [5.74, 6) is -1.18. The van der Waals surface area contributed by atoms with Crippen LogP contribution in [0.25, 0.3) is 0 Å². The second-order valence-electron chi connectivity index (χ2n) is 5.77. The van der Waals surface area contributed by atoms with E-state index in [-0.39, 0.29) is 17.4 Å². The second-order valence-corrected chi connectivity index (χ2v) is 5.77. The molecule has 25 heavy (non-hydrogen) atoms. The molecule has 1 aliphatic rings. The molecule has 0 bridgehead atoms. The Balaban J connectivity index is 1.89. The van der Waals surface area contributed by atoms with E-state index >= 15 is 0 Å². The number of anilines is 2. The van der Waals surface area contributed by atoms with Crippen molar-refractivity contribution in [1.82, 2.24) is 0 Å². The summed E-state index contributed by atoms with van der Waals surface area (Å²) < 4.78 is 27.7. The van der Waals surface area contributed by atoms with E-state index in [1.807, 2.05) is 6.07 Å². The SMILES string of the molecule is O=C1c2ccccc2NC(c2ccc(F)cc2)N1c1ccccc1F. The molecule has 0 spiro atoms. The molecule has 1 heterocycles. The first-order valence-electron chi connectivity index (χ1n) is 7.84. The van der Waals surface area contributed by atoms with Crippen LogP contribution >= 0.6 is 0 Å². The smallest absolute Gasteiger partial charge is 0.262 e. The number of halogens is 2. The van der Waals surface area contributed by atoms with Crippen LogP contribution in [0.4, 0.5) is 20.2 Å². The second kappa shape index (κ2) is 6.02. The van der Waals surface area contributed by atoms with Gasteiger partial charge in [-0.25, -0.2) is 8.78 Å². The van der Waals surface area contributed by atoms with E-state index in [2.05, 4.69) is 5.32 Å². The fraction of sp³-hybridized carbons (Fsp3) is 0.0500. The van der Waals surface area contributed by atoms with Crippen LogP contribution in [0.3, 0.4) is 0 Å². The van der Waals surface area contributed by atoms with Crippen LogP contribution in [0, 0.1) is 11.6 Å². The van der Waals surface area contributed by atoms with Gasteiger partial charge in [-0.2, -0.15) is 0 Å². The number of rotatable bonds is 2. The summed E-state index contributed by atoms with van der Waals surface area (Å²) in [4.78, 5) is 14.4. The van der Waals surface area contributed by atoms with Crippen molar-refractivity contribution in [2.45, 2.75) is 6.17 Å². The molecule has 1 aliphatic heterocycles. The first-order chi connectivity index (χ1) is 12.1. The zero-order valence-electron chi connectivity index (χ0n) is 13.1. The van der Waals surface area contributed by atoms with Crippen molar-refractivity contribution in [3.05, 3.63) is 95.6 Å². The molecule has 3 aromatic carbocycles. The van der Waals surface area contributed by atoms with E-state index in [1.54, 1.807) is 48.5 Å². The van der Waals surface area contributed by atoms with Crippen molar-refractivity contribution in [2.24, 2.45) is 0 Å². The monoisotopic (exact) mass is 336 g/mol. The molecule has 1 unspecified atom stereocenters. The summed E-state index contributed by atoms with van der Waals surface area (Å²) in [7, 11) is 0. The molecule has 0 radical (unpaired) electrons. The van der Waals surface area contributed by atoms with Gasteiger partial charge in [0.1, 0.15) is 17.8 Å². The van der Waals surface area contributed by atoms with Crippen LogP contribution in [0.2, 0.25) is 0 Å². The van der Waals surface area contributed by atoms with E-state index in [9.17, 15) is 13.6 Å². The Morgan fingerprint density at radius 1 is 0.840 bits per heavy atom. The summed E-state index contributed by atoms with van der Waals surface area (Å²) >= 11 is 0.